The summed E-state index contributed by atoms with van der Waals surface area (Å²) in [5.41, 5.74) is 1.07. The van der Waals surface area contributed by atoms with Crippen molar-refractivity contribution in [2.45, 2.75) is 6.10 Å². The molecule has 0 saturated heterocycles. The fourth-order valence-electron chi connectivity index (χ4n) is 2.23. The number of aliphatic hydroxyl groups is 1. The Morgan fingerprint density at radius 2 is 2.09 bits per heavy atom. The Kier molecular flexibility index (Phi) is 4.95. The summed E-state index contributed by atoms with van der Waals surface area (Å²) in [6.07, 6.45) is 3.22. The van der Waals surface area contributed by atoms with Crippen molar-refractivity contribution >= 4 is 27.4 Å². The summed E-state index contributed by atoms with van der Waals surface area (Å²) in [5.74, 6) is 0.566. The van der Waals surface area contributed by atoms with E-state index in [0.29, 0.717) is 19.1 Å². The highest BCUT2D eigenvalue weighted by Crippen LogP contribution is 2.26. The zero-order valence-electron chi connectivity index (χ0n) is 12.0. The zero-order valence-corrected chi connectivity index (χ0v) is 12.8. The lowest BCUT2D eigenvalue weighted by Gasteiger charge is -2.18. The number of aromatic nitrogens is 2. The van der Waals surface area contributed by atoms with Crippen LogP contribution in [0.25, 0.3) is 10.1 Å². The Hall–Kier alpha value is -2.02. The van der Waals surface area contributed by atoms with Gasteiger partial charge < -0.3 is 15.2 Å². The Morgan fingerprint density at radius 3 is 2.91 bits per heavy atom. The third-order valence-corrected chi connectivity index (χ3v) is 4.17. The molecule has 6 heteroatoms. The summed E-state index contributed by atoms with van der Waals surface area (Å²) in [4.78, 5) is 8.28. The molecule has 0 aliphatic rings. The van der Waals surface area contributed by atoms with Crippen molar-refractivity contribution in [3.05, 3.63) is 53.7 Å². The lowest BCUT2D eigenvalue weighted by atomic mass is 10.1. The van der Waals surface area contributed by atoms with Crippen LogP contribution in [0.3, 0.4) is 0 Å². The van der Waals surface area contributed by atoms with Crippen LogP contribution in [0.1, 0.15) is 11.7 Å². The van der Waals surface area contributed by atoms with E-state index in [0.717, 1.165) is 5.56 Å². The van der Waals surface area contributed by atoms with Crippen molar-refractivity contribution in [2.24, 2.45) is 0 Å². The molecule has 0 aliphatic heterocycles. The van der Waals surface area contributed by atoms with Gasteiger partial charge in [0.15, 0.2) is 0 Å². The topological polar surface area (TPSA) is 67.3 Å². The maximum atomic E-state index is 9.02. The third kappa shape index (κ3) is 3.59. The molecule has 0 saturated carbocycles. The van der Waals surface area contributed by atoms with Crippen molar-refractivity contribution in [1.29, 1.82) is 0 Å². The molecule has 2 heterocycles. The highest BCUT2D eigenvalue weighted by Gasteiger charge is 2.13. The van der Waals surface area contributed by atoms with Gasteiger partial charge in [-0.05, 0) is 40.6 Å². The molecule has 1 unspecified atom stereocenters. The van der Waals surface area contributed by atoms with Gasteiger partial charge in [0.25, 0.3) is 0 Å². The van der Waals surface area contributed by atoms with Crippen LogP contribution in [0, 0.1) is 0 Å². The van der Waals surface area contributed by atoms with E-state index >= 15 is 0 Å². The molecule has 0 radical (unpaired) electrons. The van der Waals surface area contributed by atoms with Gasteiger partial charge in [0.05, 0.1) is 19.3 Å². The largest absolute Gasteiger partial charge is 0.394 e. The average Bonchev–Trinajstić information content (AvgIpc) is 3.03. The number of thiophene rings is 1. The predicted octanol–water partition coefficient (Wildman–Crippen LogP) is 2.85. The first-order valence-corrected chi connectivity index (χ1v) is 7.95. The minimum atomic E-state index is -0.166. The Balaban J connectivity index is 1.75. The van der Waals surface area contributed by atoms with Crippen LogP contribution >= 0.6 is 11.3 Å². The number of ether oxygens (including phenoxy) is 1. The molecular weight excluding hydrogens is 298 g/mol. The molecule has 0 fully saturated rings. The number of hydrogen-bond acceptors (Lipinski definition) is 6. The molecule has 0 spiro atoms. The highest BCUT2D eigenvalue weighted by molar-refractivity contribution is 7.17. The molecule has 1 atom stereocenters. The summed E-state index contributed by atoms with van der Waals surface area (Å²) in [6, 6.07) is 10.2. The minimum absolute atomic E-state index is 0.000960. The van der Waals surface area contributed by atoms with E-state index in [1.165, 1.54) is 10.1 Å². The van der Waals surface area contributed by atoms with Crippen LogP contribution < -0.4 is 5.32 Å². The Morgan fingerprint density at radius 1 is 1.23 bits per heavy atom. The van der Waals surface area contributed by atoms with Gasteiger partial charge in [-0.15, -0.1) is 11.3 Å². The normalized spacial score (nSPS) is 12.4. The SMILES string of the molecule is OCCOC(CNc1ncccn1)c1ccc2sccc2c1. The lowest BCUT2D eigenvalue weighted by Crippen LogP contribution is -2.18. The van der Waals surface area contributed by atoms with Gasteiger partial charge >= 0.3 is 0 Å². The van der Waals surface area contributed by atoms with Gasteiger partial charge in [-0.25, -0.2) is 9.97 Å². The molecular formula is C16H17N3O2S. The van der Waals surface area contributed by atoms with Crippen LogP contribution in [0.4, 0.5) is 5.95 Å². The first kappa shape index (κ1) is 14.9. The van der Waals surface area contributed by atoms with Crippen molar-refractivity contribution in [1.82, 2.24) is 9.97 Å². The van der Waals surface area contributed by atoms with Crippen molar-refractivity contribution in [3.63, 3.8) is 0 Å². The molecule has 2 N–H and O–H groups in total. The summed E-state index contributed by atoms with van der Waals surface area (Å²) >= 11 is 1.72. The number of aliphatic hydroxyl groups excluding tert-OH is 1. The molecule has 0 bridgehead atoms. The van der Waals surface area contributed by atoms with Crippen LogP contribution in [-0.2, 0) is 4.74 Å². The maximum absolute atomic E-state index is 9.02. The van der Waals surface area contributed by atoms with Gasteiger partial charge in [0.1, 0.15) is 0 Å². The standard InChI is InChI=1S/C16H17N3O2S/c20-7-8-21-14(11-19-16-17-5-1-6-18-16)12-2-3-15-13(10-12)4-9-22-15/h1-6,9-10,14,20H,7-8,11H2,(H,17,18,19). The molecule has 114 valence electrons. The van der Waals surface area contributed by atoms with Crippen LogP contribution in [-0.4, -0.2) is 34.8 Å². The van der Waals surface area contributed by atoms with E-state index in [1.807, 2.05) is 0 Å². The van der Waals surface area contributed by atoms with Crippen molar-refractivity contribution in [2.75, 3.05) is 25.1 Å². The van der Waals surface area contributed by atoms with Crippen LogP contribution in [0.5, 0.6) is 0 Å². The molecule has 0 amide bonds. The number of hydrogen-bond donors (Lipinski definition) is 2. The number of benzene rings is 1. The highest BCUT2D eigenvalue weighted by atomic mass is 32.1. The molecule has 3 rings (SSSR count). The van der Waals surface area contributed by atoms with Gasteiger partial charge in [-0.2, -0.15) is 0 Å². The maximum Gasteiger partial charge on any atom is 0.222 e. The summed E-state index contributed by atoms with van der Waals surface area (Å²) in [5, 5.41) is 15.5. The third-order valence-electron chi connectivity index (χ3n) is 3.27. The predicted molar refractivity (Wildman–Crippen MR) is 88.1 cm³/mol. The first-order chi connectivity index (χ1) is 10.9. The van der Waals surface area contributed by atoms with Gasteiger partial charge in [0, 0.05) is 23.6 Å². The second kappa shape index (κ2) is 7.31. The first-order valence-electron chi connectivity index (χ1n) is 7.07. The summed E-state index contributed by atoms with van der Waals surface area (Å²) in [7, 11) is 0. The van der Waals surface area contributed by atoms with E-state index < -0.39 is 0 Å². The van der Waals surface area contributed by atoms with E-state index in [-0.39, 0.29) is 12.7 Å². The van der Waals surface area contributed by atoms with Crippen molar-refractivity contribution < 1.29 is 9.84 Å². The average molecular weight is 315 g/mol. The van der Waals surface area contributed by atoms with Gasteiger partial charge in [-0.3, -0.25) is 0 Å². The molecule has 2 aromatic heterocycles. The quantitative estimate of drug-likeness (QED) is 0.702. The number of nitrogens with one attached hydrogen (secondary N) is 1. The van der Waals surface area contributed by atoms with Crippen LogP contribution in [0.2, 0.25) is 0 Å². The lowest BCUT2D eigenvalue weighted by molar-refractivity contribution is 0.0351. The zero-order chi connectivity index (χ0) is 15.2. The fourth-order valence-corrected chi connectivity index (χ4v) is 3.00. The number of rotatable bonds is 7. The van der Waals surface area contributed by atoms with E-state index in [1.54, 1.807) is 29.8 Å². The monoisotopic (exact) mass is 315 g/mol. The summed E-state index contributed by atoms with van der Waals surface area (Å²) < 4.78 is 7.01. The summed E-state index contributed by atoms with van der Waals surface area (Å²) in [6.45, 7) is 0.836. The molecule has 1 aromatic carbocycles. The Labute approximate surface area is 132 Å². The van der Waals surface area contributed by atoms with Crippen LogP contribution in [0.15, 0.2) is 48.1 Å². The molecule has 5 nitrogen and oxygen atoms in total. The molecule has 3 aromatic rings. The van der Waals surface area contributed by atoms with E-state index in [4.69, 9.17) is 9.84 Å². The van der Waals surface area contributed by atoms with E-state index in [9.17, 15) is 0 Å². The van der Waals surface area contributed by atoms with Crippen molar-refractivity contribution in [3.8, 4) is 0 Å². The molecule has 0 aliphatic carbocycles. The van der Waals surface area contributed by atoms with Gasteiger partial charge in [-0.1, -0.05) is 6.07 Å². The Bertz CT molecular complexity index is 717. The van der Waals surface area contributed by atoms with E-state index in [2.05, 4.69) is 44.9 Å². The second-order valence-corrected chi connectivity index (χ2v) is 5.70. The smallest absolute Gasteiger partial charge is 0.222 e. The van der Waals surface area contributed by atoms with Gasteiger partial charge in [0.2, 0.25) is 5.95 Å². The number of fused-ring (bicyclic) bond motifs is 1. The second-order valence-electron chi connectivity index (χ2n) is 4.75. The molecule has 22 heavy (non-hydrogen) atoms. The number of nitrogens with zero attached hydrogens (tertiary/aromatic N) is 2. The fraction of sp³-hybridized carbons (Fsp3) is 0.250. The minimum Gasteiger partial charge on any atom is -0.394 e. The number of anilines is 1.